The minimum absolute atomic E-state index is 0.00867. The summed E-state index contributed by atoms with van der Waals surface area (Å²) < 4.78 is 0. The summed E-state index contributed by atoms with van der Waals surface area (Å²) in [5.41, 5.74) is 1.40. The Labute approximate surface area is 110 Å². The molecule has 0 bridgehead atoms. The summed E-state index contributed by atoms with van der Waals surface area (Å²) in [6.07, 6.45) is 9.94. The van der Waals surface area contributed by atoms with Crippen molar-refractivity contribution in [3.05, 3.63) is 48.3 Å². The Balaban J connectivity index is 1.86. The van der Waals surface area contributed by atoms with Gasteiger partial charge in [-0.1, -0.05) is 0 Å². The highest BCUT2D eigenvalue weighted by atomic mass is 16.2. The van der Waals surface area contributed by atoms with Crippen LogP contribution in [0.5, 0.6) is 0 Å². The zero-order valence-electron chi connectivity index (χ0n) is 10.3. The largest absolute Gasteiger partial charge is 0.330 e. The lowest BCUT2D eigenvalue weighted by molar-refractivity contribution is 0.0732. The first kappa shape index (κ1) is 11.7. The molecule has 2 aromatic heterocycles. The summed E-state index contributed by atoms with van der Waals surface area (Å²) in [4.78, 5) is 22.7. The van der Waals surface area contributed by atoms with Crippen LogP contribution in [0.15, 0.2) is 37.1 Å². The van der Waals surface area contributed by atoms with Crippen LogP contribution in [0.2, 0.25) is 0 Å². The molecule has 0 saturated carbocycles. The summed E-state index contributed by atoms with van der Waals surface area (Å²) in [5.74, 6) is -0.0250. The van der Waals surface area contributed by atoms with Gasteiger partial charge in [-0.25, -0.2) is 0 Å². The minimum Gasteiger partial charge on any atom is -0.330 e. The van der Waals surface area contributed by atoms with Gasteiger partial charge in [-0.3, -0.25) is 14.8 Å². The third-order valence-corrected chi connectivity index (χ3v) is 3.27. The molecule has 2 aromatic rings. The second kappa shape index (κ2) is 5.09. The molecule has 1 aliphatic rings. The molecular weight excluding hydrogens is 242 g/mol. The summed E-state index contributed by atoms with van der Waals surface area (Å²) in [6.45, 7) is 0.738. The smallest absolute Gasteiger partial charge is 0.256 e. The van der Waals surface area contributed by atoms with Gasteiger partial charge in [0.2, 0.25) is 0 Å². The van der Waals surface area contributed by atoms with Crippen molar-refractivity contribution in [2.75, 3.05) is 6.54 Å². The first-order valence-corrected chi connectivity index (χ1v) is 6.20. The third kappa shape index (κ3) is 2.29. The van der Waals surface area contributed by atoms with E-state index in [4.69, 9.17) is 0 Å². The molecule has 1 fully saturated rings. The Hall–Kier alpha value is -2.37. The first-order valence-electron chi connectivity index (χ1n) is 6.20. The zero-order valence-corrected chi connectivity index (χ0v) is 10.3. The van der Waals surface area contributed by atoms with E-state index in [-0.39, 0.29) is 11.9 Å². The minimum atomic E-state index is -0.0250. The fourth-order valence-corrected chi connectivity index (χ4v) is 2.38. The summed E-state index contributed by atoms with van der Waals surface area (Å²) >= 11 is 0. The molecular formula is C13H13N5O. The highest BCUT2D eigenvalue weighted by Gasteiger charge is 2.31. The number of carbonyl (C=O) groups is 1. The van der Waals surface area contributed by atoms with Crippen molar-refractivity contribution in [1.29, 1.82) is 0 Å². The van der Waals surface area contributed by atoms with Crippen LogP contribution >= 0.6 is 0 Å². The Bertz CT molecular complexity index is 560. The van der Waals surface area contributed by atoms with Crippen LogP contribution in [0, 0.1) is 0 Å². The molecule has 6 nitrogen and oxygen atoms in total. The molecule has 1 atom stereocenters. The lowest BCUT2D eigenvalue weighted by Crippen LogP contribution is -2.31. The zero-order chi connectivity index (χ0) is 13.1. The maximum absolute atomic E-state index is 12.4. The second-order valence-corrected chi connectivity index (χ2v) is 4.42. The number of rotatable bonds is 2. The van der Waals surface area contributed by atoms with Crippen molar-refractivity contribution in [3.8, 4) is 0 Å². The number of hydrogen-bond acceptors (Lipinski definition) is 5. The van der Waals surface area contributed by atoms with Crippen molar-refractivity contribution in [1.82, 2.24) is 25.1 Å². The van der Waals surface area contributed by atoms with E-state index in [2.05, 4.69) is 20.2 Å². The molecule has 0 N–H and O–H groups in total. The topological polar surface area (TPSA) is 71.9 Å². The SMILES string of the molecule is O=C(c1ccnnc1)N1CCCC1c1cnccn1. The monoisotopic (exact) mass is 255 g/mol. The Morgan fingerprint density at radius 3 is 2.89 bits per heavy atom. The van der Waals surface area contributed by atoms with Crippen LogP contribution in [0.25, 0.3) is 0 Å². The molecule has 1 aliphatic heterocycles. The van der Waals surface area contributed by atoms with Gasteiger partial charge in [0.05, 0.1) is 35.9 Å². The summed E-state index contributed by atoms with van der Waals surface area (Å²) in [5, 5.41) is 7.44. The normalized spacial score (nSPS) is 18.5. The molecule has 1 saturated heterocycles. The van der Waals surface area contributed by atoms with E-state index >= 15 is 0 Å². The number of aromatic nitrogens is 4. The number of nitrogens with zero attached hydrogens (tertiary/aromatic N) is 5. The maximum atomic E-state index is 12.4. The van der Waals surface area contributed by atoms with Gasteiger partial charge < -0.3 is 4.90 Å². The van der Waals surface area contributed by atoms with E-state index in [0.717, 1.165) is 25.1 Å². The van der Waals surface area contributed by atoms with Crippen LogP contribution in [0.1, 0.15) is 34.9 Å². The third-order valence-electron chi connectivity index (χ3n) is 3.27. The van der Waals surface area contributed by atoms with E-state index in [0.29, 0.717) is 5.56 Å². The quantitative estimate of drug-likeness (QED) is 0.807. The fraction of sp³-hybridized carbons (Fsp3) is 0.308. The summed E-state index contributed by atoms with van der Waals surface area (Å²) in [7, 11) is 0. The van der Waals surface area contributed by atoms with E-state index in [1.807, 2.05) is 4.90 Å². The van der Waals surface area contributed by atoms with Crippen LogP contribution in [0.3, 0.4) is 0 Å². The predicted octanol–water partition coefficient (Wildman–Crippen LogP) is 1.24. The van der Waals surface area contributed by atoms with Crippen molar-refractivity contribution in [3.63, 3.8) is 0 Å². The average Bonchev–Trinajstić information content (AvgIpc) is 2.98. The molecule has 1 unspecified atom stereocenters. The molecule has 3 heterocycles. The predicted molar refractivity (Wildman–Crippen MR) is 67.1 cm³/mol. The molecule has 0 aliphatic carbocycles. The van der Waals surface area contributed by atoms with E-state index in [1.54, 1.807) is 24.7 Å². The van der Waals surface area contributed by atoms with Gasteiger partial charge >= 0.3 is 0 Å². The fourth-order valence-electron chi connectivity index (χ4n) is 2.38. The van der Waals surface area contributed by atoms with E-state index < -0.39 is 0 Å². The van der Waals surface area contributed by atoms with Gasteiger partial charge in [0.25, 0.3) is 5.91 Å². The molecule has 1 amide bonds. The van der Waals surface area contributed by atoms with Gasteiger partial charge in [-0.2, -0.15) is 10.2 Å². The number of hydrogen-bond donors (Lipinski definition) is 0. The molecule has 3 rings (SSSR count). The standard InChI is InChI=1S/C13H13N5O/c19-13(10-3-4-16-17-8-10)18-7-1-2-12(18)11-9-14-5-6-15-11/h3-6,8-9,12H,1-2,7H2. The number of carbonyl (C=O) groups excluding carboxylic acids is 1. The molecule has 0 aromatic carbocycles. The number of likely N-dealkylation sites (tertiary alicyclic amines) is 1. The van der Waals surface area contributed by atoms with Crippen LogP contribution in [-0.4, -0.2) is 37.5 Å². The molecule has 0 spiro atoms. The van der Waals surface area contributed by atoms with Crippen LogP contribution < -0.4 is 0 Å². The Morgan fingerprint density at radius 2 is 2.16 bits per heavy atom. The van der Waals surface area contributed by atoms with Crippen molar-refractivity contribution in [2.24, 2.45) is 0 Å². The summed E-state index contributed by atoms with van der Waals surface area (Å²) in [6, 6.07) is 1.69. The second-order valence-electron chi connectivity index (χ2n) is 4.42. The maximum Gasteiger partial charge on any atom is 0.256 e. The molecule has 96 valence electrons. The lowest BCUT2D eigenvalue weighted by Gasteiger charge is -2.23. The van der Waals surface area contributed by atoms with Crippen molar-refractivity contribution >= 4 is 5.91 Å². The van der Waals surface area contributed by atoms with Crippen molar-refractivity contribution < 1.29 is 4.79 Å². The number of amides is 1. The van der Waals surface area contributed by atoms with Gasteiger partial charge in [0, 0.05) is 18.9 Å². The van der Waals surface area contributed by atoms with Gasteiger partial charge in [-0.15, -0.1) is 0 Å². The van der Waals surface area contributed by atoms with Crippen LogP contribution in [-0.2, 0) is 0 Å². The highest BCUT2D eigenvalue weighted by Crippen LogP contribution is 2.31. The average molecular weight is 255 g/mol. The Morgan fingerprint density at radius 1 is 1.21 bits per heavy atom. The highest BCUT2D eigenvalue weighted by molar-refractivity contribution is 5.94. The van der Waals surface area contributed by atoms with E-state index in [9.17, 15) is 4.79 Å². The van der Waals surface area contributed by atoms with Crippen molar-refractivity contribution in [2.45, 2.75) is 18.9 Å². The van der Waals surface area contributed by atoms with Gasteiger partial charge in [0.1, 0.15) is 0 Å². The van der Waals surface area contributed by atoms with E-state index in [1.165, 1.54) is 12.4 Å². The van der Waals surface area contributed by atoms with Gasteiger partial charge in [0.15, 0.2) is 0 Å². The first-order chi connectivity index (χ1) is 9.36. The molecule has 6 heteroatoms. The lowest BCUT2D eigenvalue weighted by atomic mass is 10.1. The molecule has 0 radical (unpaired) electrons. The van der Waals surface area contributed by atoms with Crippen LogP contribution in [0.4, 0.5) is 0 Å². The molecule has 19 heavy (non-hydrogen) atoms. The van der Waals surface area contributed by atoms with Gasteiger partial charge in [-0.05, 0) is 18.9 Å². The Kier molecular flexibility index (Phi) is 3.14.